The summed E-state index contributed by atoms with van der Waals surface area (Å²) in [7, 11) is 1.70. The van der Waals surface area contributed by atoms with Gasteiger partial charge < -0.3 is 32.0 Å². The van der Waals surface area contributed by atoms with E-state index in [1.54, 1.807) is 37.3 Å². The van der Waals surface area contributed by atoms with Gasteiger partial charge in [0.2, 0.25) is 5.91 Å². The molecule has 2 atom stereocenters. The molecule has 0 aliphatic carbocycles. The first-order valence-corrected chi connectivity index (χ1v) is 16.3. The van der Waals surface area contributed by atoms with Crippen LogP contribution in [-0.2, 0) is 24.9 Å². The molecular formula is C23H25ClN8O6S4. The molecule has 4 heterocycles. The van der Waals surface area contributed by atoms with Crippen LogP contribution in [-0.4, -0.2) is 97.6 Å². The highest BCUT2D eigenvalue weighted by Crippen LogP contribution is 2.46. The Morgan fingerprint density at radius 2 is 2.14 bits per heavy atom. The molecule has 0 bridgehead atoms. The number of hydrogen-bond acceptors (Lipinski definition) is 14. The Bertz CT molecular complexity index is 1450. The maximum Gasteiger partial charge on any atom is 0.353 e. The van der Waals surface area contributed by atoms with E-state index in [4.69, 9.17) is 17.3 Å². The number of β-lactam (4-membered cyclic amide) rings is 1. The van der Waals surface area contributed by atoms with E-state index in [0.717, 1.165) is 26.7 Å². The molecule has 0 radical (unpaired) electrons. The lowest BCUT2D eigenvalue weighted by Crippen LogP contribution is -2.71. The summed E-state index contributed by atoms with van der Waals surface area (Å²) >= 11 is 11.1. The van der Waals surface area contributed by atoms with Crippen LogP contribution in [0.4, 0.5) is 5.13 Å². The van der Waals surface area contributed by atoms with Crippen LogP contribution in [0.5, 0.6) is 0 Å². The second-order valence-electron chi connectivity index (χ2n) is 8.58. The SMILES string of the molecule is CNCC(=O)NCCSCc1cnccc1SC1=C(C(=O)O)N2C(=O)[C@@H](NC(=O)/C(=N\O)c3nc(N)sc3Cl)[C@H]2SC1. The minimum Gasteiger partial charge on any atom is -0.477 e. The van der Waals surface area contributed by atoms with Gasteiger partial charge in [-0.15, -0.1) is 11.8 Å². The highest BCUT2D eigenvalue weighted by atomic mass is 35.5. The molecular weight excluding hydrogens is 648 g/mol. The van der Waals surface area contributed by atoms with Gasteiger partial charge >= 0.3 is 5.97 Å². The van der Waals surface area contributed by atoms with E-state index in [1.165, 1.54) is 23.5 Å². The first kappa shape index (κ1) is 31.9. The van der Waals surface area contributed by atoms with E-state index in [2.05, 4.69) is 31.1 Å². The van der Waals surface area contributed by atoms with Gasteiger partial charge in [-0.3, -0.25) is 24.3 Å². The van der Waals surface area contributed by atoms with Crippen LogP contribution in [0, 0.1) is 0 Å². The number of likely N-dealkylation sites (N-methyl/N-ethyl adjacent to an activating group) is 1. The average Bonchev–Trinajstić information content (AvgIpc) is 3.29. The fourth-order valence-electron chi connectivity index (χ4n) is 3.97. The van der Waals surface area contributed by atoms with Crippen molar-refractivity contribution in [2.75, 3.05) is 37.4 Å². The summed E-state index contributed by atoms with van der Waals surface area (Å²) < 4.78 is 0.0343. The van der Waals surface area contributed by atoms with E-state index in [-0.39, 0.29) is 39.1 Å². The topological polar surface area (TPSA) is 212 Å². The normalized spacial score (nSPS) is 18.4. The lowest BCUT2D eigenvalue weighted by atomic mass is 10.0. The summed E-state index contributed by atoms with van der Waals surface area (Å²) in [6.45, 7) is 0.751. The molecule has 0 unspecified atom stereocenters. The molecule has 2 aromatic heterocycles. The Labute approximate surface area is 261 Å². The number of pyridine rings is 1. The number of amides is 3. The van der Waals surface area contributed by atoms with Crippen molar-refractivity contribution in [3.63, 3.8) is 0 Å². The second-order valence-corrected chi connectivity index (χ2v) is 13.6. The number of aliphatic carboxylic acids is 1. The summed E-state index contributed by atoms with van der Waals surface area (Å²) in [5.74, 6) is -1.36. The number of carbonyl (C=O) groups is 4. The molecule has 2 aliphatic rings. The van der Waals surface area contributed by atoms with Gasteiger partial charge in [-0.05, 0) is 18.7 Å². The second kappa shape index (κ2) is 14.4. The van der Waals surface area contributed by atoms with Crippen LogP contribution in [0.1, 0.15) is 11.3 Å². The number of halogens is 1. The number of rotatable bonds is 13. The van der Waals surface area contributed by atoms with Gasteiger partial charge in [-0.1, -0.05) is 39.9 Å². The van der Waals surface area contributed by atoms with Gasteiger partial charge in [-0.25, -0.2) is 9.78 Å². The standard InChI is InChI=1S/C23H25ClN8O6S4/c1-26-7-13(33)28-4-5-39-8-10-6-27-3-2-11(10)41-12-9-40-21-16(20(35)32(21)17(12)22(36)37)29-19(34)15(31-38)14-18(24)42-23(25)30-14/h2-3,6,16,21,26,38H,4-5,7-9H2,1H3,(H2,25,30)(H,28,33)(H,29,34)(H,36,37)/b31-15-/t16-,21-/m1/s1. The van der Waals surface area contributed by atoms with Gasteiger partial charge in [-0.2, -0.15) is 11.8 Å². The van der Waals surface area contributed by atoms with Crippen LogP contribution in [0.3, 0.4) is 0 Å². The summed E-state index contributed by atoms with van der Waals surface area (Å²) in [6.07, 6.45) is 3.31. The van der Waals surface area contributed by atoms with Crippen molar-refractivity contribution in [2.24, 2.45) is 5.16 Å². The third kappa shape index (κ3) is 7.12. The number of nitrogen functional groups attached to an aromatic ring is 1. The molecule has 19 heteroatoms. The lowest BCUT2D eigenvalue weighted by molar-refractivity contribution is -0.150. The summed E-state index contributed by atoms with van der Waals surface area (Å²) in [4.78, 5) is 60.3. The Kier molecular flexibility index (Phi) is 11.0. The van der Waals surface area contributed by atoms with Gasteiger partial charge in [0.25, 0.3) is 11.8 Å². The molecule has 0 aromatic carbocycles. The van der Waals surface area contributed by atoms with Crippen molar-refractivity contribution in [3.8, 4) is 0 Å². The van der Waals surface area contributed by atoms with Gasteiger partial charge in [0.1, 0.15) is 27.1 Å². The fourth-order valence-corrected chi connectivity index (χ4v) is 8.39. The molecule has 14 nitrogen and oxygen atoms in total. The smallest absolute Gasteiger partial charge is 0.353 e. The minimum atomic E-state index is -1.27. The molecule has 1 fully saturated rings. The van der Waals surface area contributed by atoms with Crippen LogP contribution < -0.4 is 21.7 Å². The minimum absolute atomic E-state index is 0.0343. The zero-order valence-corrected chi connectivity index (χ0v) is 25.8. The Hall–Kier alpha value is -3.03. The number of thiazole rings is 1. The van der Waals surface area contributed by atoms with Crippen molar-refractivity contribution in [3.05, 3.63) is 44.7 Å². The van der Waals surface area contributed by atoms with Crippen LogP contribution in [0.2, 0.25) is 4.34 Å². The van der Waals surface area contributed by atoms with Crippen LogP contribution in [0.15, 0.2) is 39.1 Å². The summed E-state index contributed by atoms with van der Waals surface area (Å²) in [5, 5.41) is 29.9. The van der Waals surface area contributed by atoms with E-state index in [0.29, 0.717) is 23.0 Å². The van der Waals surface area contributed by atoms with Gasteiger partial charge in [0, 0.05) is 46.0 Å². The van der Waals surface area contributed by atoms with Crippen molar-refractivity contribution >= 4 is 92.8 Å². The quantitative estimate of drug-likeness (QED) is 0.0577. The monoisotopic (exact) mass is 672 g/mol. The molecule has 224 valence electrons. The number of nitrogens with one attached hydrogen (secondary N) is 3. The zero-order chi connectivity index (χ0) is 30.4. The molecule has 0 saturated carbocycles. The molecule has 2 aromatic rings. The van der Waals surface area contributed by atoms with Crippen molar-refractivity contribution in [1.29, 1.82) is 0 Å². The molecule has 0 spiro atoms. The third-order valence-corrected chi connectivity index (χ3v) is 10.6. The van der Waals surface area contributed by atoms with Crippen molar-refractivity contribution in [2.45, 2.75) is 22.1 Å². The Morgan fingerprint density at radius 1 is 1.36 bits per heavy atom. The number of carboxylic acid groups (broad SMARTS) is 1. The summed E-state index contributed by atoms with van der Waals surface area (Å²) in [5.41, 5.74) is 5.68. The number of nitrogens with two attached hydrogens (primary N) is 1. The number of aromatic nitrogens is 2. The number of carboxylic acids is 1. The highest BCUT2D eigenvalue weighted by molar-refractivity contribution is 8.06. The van der Waals surface area contributed by atoms with Crippen LogP contribution in [0.25, 0.3) is 0 Å². The first-order chi connectivity index (χ1) is 20.2. The van der Waals surface area contributed by atoms with Gasteiger partial charge in [0.15, 0.2) is 10.8 Å². The number of carbonyl (C=O) groups excluding carboxylic acids is 3. The molecule has 42 heavy (non-hydrogen) atoms. The first-order valence-electron chi connectivity index (χ1n) is 12.1. The van der Waals surface area contributed by atoms with E-state index in [1.807, 2.05) is 0 Å². The zero-order valence-electron chi connectivity index (χ0n) is 21.8. The number of fused-ring (bicyclic) bond motifs is 1. The van der Waals surface area contributed by atoms with E-state index >= 15 is 0 Å². The average molecular weight is 673 g/mol. The highest BCUT2D eigenvalue weighted by Gasteiger charge is 2.54. The number of thioether (sulfide) groups is 3. The van der Waals surface area contributed by atoms with Gasteiger partial charge in [0.05, 0.1) is 6.54 Å². The Morgan fingerprint density at radius 3 is 2.81 bits per heavy atom. The Balaban J connectivity index is 1.43. The number of anilines is 1. The maximum atomic E-state index is 13.1. The molecule has 4 rings (SSSR count). The maximum absolute atomic E-state index is 13.1. The molecule has 1 saturated heterocycles. The van der Waals surface area contributed by atoms with Crippen molar-refractivity contribution < 1.29 is 29.5 Å². The molecule has 7 N–H and O–H groups in total. The summed E-state index contributed by atoms with van der Waals surface area (Å²) in [6, 6.07) is 0.724. The molecule has 2 aliphatic heterocycles. The van der Waals surface area contributed by atoms with E-state index < -0.39 is 34.9 Å². The lowest BCUT2D eigenvalue weighted by Gasteiger charge is -2.49. The molecule has 3 amide bonds. The van der Waals surface area contributed by atoms with E-state index in [9.17, 15) is 29.5 Å². The predicted molar refractivity (Wildman–Crippen MR) is 163 cm³/mol. The number of hydrogen-bond donors (Lipinski definition) is 6. The fraction of sp³-hybridized carbons (Fsp3) is 0.348. The van der Waals surface area contributed by atoms with Crippen LogP contribution >= 0.6 is 58.2 Å². The third-order valence-electron chi connectivity index (χ3n) is 5.82. The predicted octanol–water partition coefficient (Wildman–Crippen LogP) is 1.01. The number of oxime groups is 1. The number of nitrogens with zero attached hydrogens (tertiary/aromatic N) is 4. The van der Waals surface area contributed by atoms with Crippen molar-refractivity contribution in [1.82, 2.24) is 30.8 Å². The largest absolute Gasteiger partial charge is 0.477 e.